The molecule has 0 saturated carbocycles. The average Bonchev–Trinajstić information content (AvgIpc) is 3.37. The van der Waals surface area contributed by atoms with Gasteiger partial charge in [-0.3, -0.25) is 4.79 Å². The fraction of sp³-hybridized carbons (Fsp3) is 0.241. The zero-order chi connectivity index (χ0) is 24.6. The molecule has 4 aromatic rings. The molecule has 2 aliphatic rings. The molecule has 1 aromatic heterocycles. The van der Waals surface area contributed by atoms with Gasteiger partial charge in [0.05, 0.1) is 6.20 Å². The van der Waals surface area contributed by atoms with Crippen LogP contribution in [0.15, 0.2) is 66.9 Å². The molecule has 6 rings (SSSR count). The van der Waals surface area contributed by atoms with Crippen molar-refractivity contribution in [3.63, 3.8) is 0 Å². The van der Waals surface area contributed by atoms with Crippen LogP contribution >= 0.6 is 0 Å². The molecule has 2 aliphatic heterocycles. The summed E-state index contributed by atoms with van der Waals surface area (Å²) >= 11 is 0. The van der Waals surface area contributed by atoms with Crippen molar-refractivity contribution in [2.45, 2.75) is 0 Å². The molecule has 36 heavy (non-hydrogen) atoms. The van der Waals surface area contributed by atoms with E-state index in [0.29, 0.717) is 5.56 Å². The number of benzene rings is 3. The molecule has 0 radical (unpaired) electrons. The van der Waals surface area contributed by atoms with E-state index in [-0.39, 0.29) is 5.91 Å². The molecule has 2 N–H and O–H groups in total. The van der Waals surface area contributed by atoms with Crippen molar-refractivity contribution >= 4 is 40.0 Å². The summed E-state index contributed by atoms with van der Waals surface area (Å²) in [5.41, 5.74) is 6.53. The van der Waals surface area contributed by atoms with E-state index in [1.54, 1.807) is 7.05 Å². The number of piperazine rings is 1. The Morgan fingerprint density at radius 2 is 1.69 bits per heavy atom. The van der Waals surface area contributed by atoms with Crippen molar-refractivity contribution in [1.82, 2.24) is 20.4 Å². The second kappa shape index (κ2) is 9.17. The number of carbonyl (C=O) groups is 1. The van der Waals surface area contributed by atoms with E-state index in [9.17, 15) is 4.79 Å². The van der Waals surface area contributed by atoms with Gasteiger partial charge in [-0.1, -0.05) is 42.5 Å². The van der Waals surface area contributed by atoms with Gasteiger partial charge in [-0.25, -0.2) is 4.68 Å². The van der Waals surface area contributed by atoms with E-state index in [4.69, 9.17) is 5.10 Å². The highest BCUT2D eigenvalue weighted by Crippen LogP contribution is 2.39. The lowest BCUT2D eigenvalue weighted by Crippen LogP contribution is -2.43. The summed E-state index contributed by atoms with van der Waals surface area (Å²) in [7, 11) is 3.77. The minimum atomic E-state index is -0.0811. The molecule has 1 fully saturated rings. The van der Waals surface area contributed by atoms with E-state index in [1.807, 2.05) is 41.2 Å². The van der Waals surface area contributed by atoms with Gasteiger partial charge >= 0.3 is 0 Å². The third-order valence-electron chi connectivity index (χ3n) is 7.22. The number of likely N-dealkylation sites (N-methyl/N-ethyl adjacent to an activating group) is 1. The molecule has 3 heterocycles. The third kappa shape index (κ3) is 3.82. The van der Waals surface area contributed by atoms with Crippen LogP contribution in [0.3, 0.4) is 0 Å². The Labute approximate surface area is 211 Å². The minimum absolute atomic E-state index is 0.0811. The molecule has 1 amide bonds. The Morgan fingerprint density at radius 1 is 0.944 bits per heavy atom. The topological polar surface area (TPSA) is 65.4 Å². The van der Waals surface area contributed by atoms with Crippen LogP contribution in [0, 0.1) is 0 Å². The maximum atomic E-state index is 12.4. The van der Waals surface area contributed by atoms with Crippen molar-refractivity contribution in [2.24, 2.45) is 0 Å². The Hall–Kier alpha value is -4.10. The Balaban J connectivity index is 1.36. The van der Waals surface area contributed by atoms with Crippen LogP contribution in [-0.2, 0) is 0 Å². The minimum Gasteiger partial charge on any atom is -0.369 e. The Kier molecular flexibility index (Phi) is 5.70. The number of aromatic nitrogens is 2. The summed E-state index contributed by atoms with van der Waals surface area (Å²) in [4.78, 5) is 17.1. The van der Waals surface area contributed by atoms with E-state index >= 15 is 0 Å². The largest absolute Gasteiger partial charge is 0.369 e. The van der Waals surface area contributed by atoms with Gasteiger partial charge < -0.3 is 20.4 Å². The van der Waals surface area contributed by atoms with Gasteiger partial charge in [0, 0.05) is 69.8 Å². The zero-order valence-electron chi connectivity index (χ0n) is 20.7. The summed E-state index contributed by atoms with van der Waals surface area (Å²) in [5.74, 6) is 0.969. The van der Waals surface area contributed by atoms with Crippen molar-refractivity contribution in [3.05, 3.63) is 78.0 Å². The standard InChI is InChI=1S/C29H30N6O/c1-30-28(36)26-12-11-25(23-5-3-4-6-24(23)26)27-17-32-35-19-21(18-33(2)29(27)35)20-7-9-22(10-8-20)34-15-13-31-14-16-34/h3-12,17,19,31H,13-16,18H2,1-2H3,(H,30,36). The second-order valence-electron chi connectivity index (χ2n) is 9.41. The first-order valence-corrected chi connectivity index (χ1v) is 12.4. The van der Waals surface area contributed by atoms with Gasteiger partial charge in [-0.15, -0.1) is 0 Å². The second-order valence-corrected chi connectivity index (χ2v) is 9.41. The predicted molar refractivity (Wildman–Crippen MR) is 148 cm³/mol. The molecule has 0 unspecified atom stereocenters. The van der Waals surface area contributed by atoms with Crippen LogP contribution in [-0.4, -0.2) is 62.5 Å². The van der Waals surface area contributed by atoms with Crippen LogP contribution in [0.2, 0.25) is 0 Å². The third-order valence-corrected chi connectivity index (χ3v) is 7.22. The molecule has 3 aromatic carbocycles. The van der Waals surface area contributed by atoms with E-state index in [0.717, 1.165) is 60.4 Å². The summed E-state index contributed by atoms with van der Waals surface area (Å²) in [6.07, 6.45) is 4.07. The number of anilines is 2. The number of hydrogen-bond acceptors (Lipinski definition) is 5. The highest BCUT2D eigenvalue weighted by Gasteiger charge is 2.24. The monoisotopic (exact) mass is 478 g/mol. The molecular weight excluding hydrogens is 448 g/mol. The van der Waals surface area contributed by atoms with Crippen molar-refractivity contribution in [3.8, 4) is 11.1 Å². The maximum absolute atomic E-state index is 12.4. The number of amides is 1. The number of nitrogens with zero attached hydrogens (tertiary/aromatic N) is 4. The molecule has 0 aliphatic carbocycles. The number of fused-ring (bicyclic) bond motifs is 2. The van der Waals surface area contributed by atoms with Gasteiger partial charge in [0.15, 0.2) is 0 Å². The van der Waals surface area contributed by atoms with Crippen LogP contribution < -0.4 is 20.4 Å². The lowest BCUT2D eigenvalue weighted by Gasteiger charge is -2.30. The smallest absolute Gasteiger partial charge is 0.251 e. The summed E-state index contributed by atoms with van der Waals surface area (Å²) < 4.78 is 1.97. The van der Waals surface area contributed by atoms with Crippen molar-refractivity contribution in [2.75, 3.05) is 56.6 Å². The van der Waals surface area contributed by atoms with Gasteiger partial charge in [0.2, 0.25) is 0 Å². The highest BCUT2D eigenvalue weighted by molar-refractivity contribution is 6.11. The van der Waals surface area contributed by atoms with E-state index in [1.165, 1.54) is 16.8 Å². The average molecular weight is 479 g/mol. The molecule has 7 nitrogen and oxygen atoms in total. The predicted octanol–water partition coefficient (Wildman–Crippen LogP) is 3.92. The van der Waals surface area contributed by atoms with Crippen LogP contribution in [0.5, 0.6) is 0 Å². The molecule has 0 spiro atoms. The van der Waals surface area contributed by atoms with E-state index < -0.39 is 0 Å². The lowest BCUT2D eigenvalue weighted by atomic mass is 9.95. The SMILES string of the molecule is CNC(=O)c1ccc(-c2cnn3c2N(C)CC(c2ccc(N4CCNCC4)cc2)=C3)c2ccccc12. The van der Waals surface area contributed by atoms with Gasteiger partial charge in [0.1, 0.15) is 5.82 Å². The fourth-order valence-corrected chi connectivity index (χ4v) is 5.38. The van der Waals surface area contributed by atoms with Crippen molar-refractivity contribution in [1.29, 1.82) is 0 Å². The highest BCUT2D eigenvalue weighted by atomic mass is 16.1. The number of hydrogen-bond donors (Lipinski definition) is 2. The first kappa shape index (κ1) is 22.4. The fourth-order valence-electron chi connectivity index (χ4n) is 5.38. The molecule has 1 saturated heterocycles. The number of rotatable bonds is 4. The normalized spacial score (nSPS) is 15.6. The lowest BCUT2D eigenvalue weighted by molar-refractivity contribution is 0.0964. The van der Waals surface area contributed by atoms with Gasteiger partial charge in [-0.05, 0) is 45.7 Å². The van der Waals surface area contributed by atoms with Gasteiger partial charge in [0.25, 0.3) is 5.91 Å². The van der Waals surface area contributed by atoms with Crippen molar-refractivity contribution < 1.29 is 4.79 Å². The molecule has 0 atom stereocenters. The van der Waals surface area contributed by atoms with Crippen LogP contribution in [0.4, 0.5) is 11.5 Å². The molecule has 0 bridgehead atoms. The summed E-state index contributed by atoms with van der Waals surface area (Å²) in [6, 6.07) is 20.9. The Bertz CT molecular complexity index is 1460. The first-order valence-electron chi connectivity index (χ1n) is 12.4. The molecule has 7 heteroatoms. The number of carbonyl (C=O) groups excluding carboxylic acids is 1. The maximum Gasteiger partial charge on any atom is 0.251 e. The van der Waals surface area contributed by atoms with Gasteiger partial charge in [-0.2, -0.15) is 5.10 Å². The zero-order valence-corrected chi connectivity index (χ0v) is 20.7. The quantitative estimate of drug-likeness (QED) is 0.466. The van der Waals surface area contributed by atoms with E-state index in [2.05, 4.69) is 64.0 Å². The Morgan fingerprint density at radius 3 is 2.44 bits per heavy atom. The van der Waals surface area contributed by atoms with Crippen LogP contribution in [0.25, 0.3) is 33.7 Å². The molecule has 182 valence electrons. The van der Waals surface area contributed by atoms with Crippen LogP contribution in [0.1, 0.15) is 15.9 Å². The summed E-state index contributed by atoms with van der Waals surface area (Å²) in [6.45, 7) is 4.95. The number of nitrogens with one attached hydrogen (secondary N) is 2. The summed E-state index contributed by atoms with van der Waals surface area (Å²) in [5, 5.41) is 12.9. The first-order chi connectivity index (χ1) is 17.6. The molecular formula is C29H30N6O.